The molecule has 7 nitrogen and oxygen atoms in total. The topological polar surface area (TPSA) is 80.3 Å². The van der Waals surface area contributed by atoms with Gasteiger partial charge in [-0.05, 0) is 24.3 Å². The third-order valence-corrected chi connectivity index (χ3v) is 2.70. The molecular weight excluding hydrogens is 280 g/mol. The van der Waals surface area contributed by atoms with E-state index in [1.807, 2.05) is 0 Å². The van der Waals surface area contributed by atoms with Crippen LogP contribution in [0.15, 0.2) is 24.3 Å². The zero-order valence-corrected chi connectivity index (χ0v) is 11.7. The van der Waals surface area contributed by atoms with Gasteiger partial charge in [0.05, 0.1) is 12.7 Å². The van der Waals surface area contributed by atoms with Gasteiger partial charge in [0.15, 0.2) is 6.29 Å². The highest BCUT2D eigenvalue weighted by Gasteiger charge is 2.29. The average Bonchev–Trinajstić information content (AvgIpc) is 2.91. The lowest BCUT2D eigenvalue weighted by atomic mass is 10.2. The fourth-order valence-corrected chi connectivity index (χ4v) is 1.72. The Morgan fingerprint density at radius 2 is 2.00 bits per heavy atom. The van der Waals surface area contributed by atoms with Gasteiger partial charge in [-0.2, -0.15) is 0 Å². The van der Waals surface area contributed by atoms with Gasteiger partial charge in [-0.25, -0.2) is 4.79 Å². The first-order valence-corrected chi connectivity index (χ1v) is 6.34. The fourth-order valence-electron chi connectivity index (χ4n) is 1.72. The lowest BCUT2D eigenvalue weighted by molar-refractivity contribution is -0.177. The molecule has 0 bridgehead atoms. The molecule has 1 aromatic rings. The first kappa shape index (κ1) is 15.3. The highest BCUT2D eigenvalue weighted by Crippen LogP contribution is 2.15. The number of hydrogen-bond acceptors (Lipinski definition) is 7. The van der Waals surface area contributed by atoms with E-state index in [4.69, 9.17) is 23.7 Å². The molecule has 7 heteroatoms. The summed E-state index contributed by atoms with van der Waals surface area (Å²) in [6, 6.07) is 6.52. The minimum Gasteiger partial charge on any atom is -0.497 e. The third kappa shape index (κ3) is 4.44. The van der Waals surface area contributed by atoms with Gasteiger partial charge in [0.25, 0.3) is 0 Å². The summed E-state index contributed by atoms with van der Waals surface area (Å²) >= 11 is 0. The smallest absolute Gasteiger partial charge is 0.338 e. The van der Waals surface area contributed by atoms with Crippen LogP contribution < -0.4 is 4.74 Å². The Hall–Kier alpha value is -2.12. The van der Waals surface area contributed by atoms with E-state index in [-0.39, 0.29) is 13.2 Å². The molecule has 1 aliphatic heterocycles. The molecule has 0 spiro atoms. The van der Waals surface area contributed by atoms with Crippen LogP contribution in [0.1, 0.15) is 17.3 Å². The SMILES string of the molecule is COc1ccc(C(=O)OC[C@@H]2OCC(OC(C)=O)O2)cc1. The van der Waals surface area contributed by atoms with Crippen molar-refractivity contribution in [3.05, 3.63) is 29.8 Å². The Kier molecular flexibility index (Phi) is 5.13. The monoisotopic (exact) mass is 296 g/mol. The van der Waals surface area contributed by atoms with Gasteiger partial charge in [-0.3, -0.25) is 4.79 Å². The maximum atomic E-state index is 11.8. The van der Waals surface area contributed by atoms with Crippen molar-refractivity contribution < 1.29 is 33.3 Å². The first-order chi connectivity index (χ1) is 10.1. The second-order valence-corrected chi connectivity index (χ2v) is 4.26. The summed E-state index contributed by atoms with van der Waals surface area (Å²) < 4.78 is 25.3. The van der Waals surface area contributed by atoms with Crippen LogP contribution in [0.3, 0.4) is 0 Å². The largest absolute Gasteiger partial charge is 0.497 e. The highest BCUT2D eigenvalue weighted by molar-refractivity contribution is 5.89. The van der Waals surface area contributed by atoms with E-state index in [1.54, 1.807) is 31.4 Å². The molecule has 21 heavy (non-hydrogen) atoms. The number of hydrogen-bond donors (Lipinski definition) is 0. The summed E-state index contributed by atoms with van der Waals surface area (Å²) in [5.41, 5.74) is 0.394. The minimum absolute atomic E-state index is 0.0807. The zero-order valence-electron chi connectivity index (χ0n) is 11.7. The summed E-state index contributed by atoms with van der Waals surface area (Å²) in [4.78, 5) is 22.6. The molecule has 114 valence electrons. The van der Waals surface area contributed by atoms with Crippen molar-refractivity contribution in [2.45, 2.75) is 19.5 Å². The molecule has 0 aliphatic carbocycles. The number of ether oxygens (including phenoxy) is 5. The van der Waals surface area contributed by atoms with Gasteiger partial charge in [0.2, 0.25) is 6.29 Å². The van der Waals surface area contributed by atoms with E-state index in [9.17, 15) is 9.59 Å². The first-order valence-electron chi connectivity index (χ1n) is 6.34. The normalized spacial score (nSPS) is 20.9. The summed E-state index contributed by atoms with van der Waals surface area (Å²) in [7, 11) is 1.54. The standard InChI is InChI=1S/C14H16O7/c1-9(15)20-13-8-18-12(21-13)7-19-14(16)10-3-5-11(17-2)6-4-10/h3-6,12-13H,7-8H2,1-2H3/t12-,13?/m1/s1. The fraction of sp³-hybridized carbons (Fsp3) is 0.429. The van der Waals surface area contributed by atoms with Crippen LogP contribution in [0.4, 0.5) is 0 Å². The van der Waals surface area contributed by atoms with Crippen molar-refractivity contribution in [3.8, 4) is 5.75 Å². The van der Waals surface area contributed by atoms with Crippen molar-refractivity contribution >= 4 is 11.9 Å². The maximum Gasteiger partial charge on any atom is 0.338 e. The van der Waals surface area contributed by atoms with E-state index >= 15 is 0 Å². The summed E-state index contributed by atoms with van der Waals surface area (Å²) in [6.45, 7) is 1.31. The molecule has 1 aliphatic rings. The molecule has 0 radical (unpaired) electrons. The van der Waals surface area contributed by atoms with Gasteiger partial charge >= 0.3 is 11.9 Å². The van der Waals surface area contributed by atoms with Gasteiger partial charge in [0.1, 0.15) is 19.0 Å². The van der Waals surface area contributed by atoms with Gasteiger partial charge in [0, 0.05) is 6.92 Å². The van der Waals surface area contributed by atoms with E-state index in [0.29, 0.717) is 11.3 Å². The number of rotatable bonds is 5. The van der Waals surface area contributed by atoms with Crippen molar-refractivity contribution in [1.29, 1.82) is 0 Å². The minimum atomic E-state index is -0.757. The molecule has 2 atom stereocenters. The predicted octanol–water partition coefficient (Wildman–Crippen LogP) is 1.11. The van der Waals surface area contributed by atoms with Crippen LogP contribution in [0.2, 0.25) is 0 Å². The second-order valence-electron chi connectivity index (χ2n) is 4.26. The summed E-state index contributed by atoms with van der Waals surface area (Å²) in [5.74, 6) is -0.307. The quantitative estimate of drug-likeness (QED) is 0.753. The summed E-state index contributed by atoms with van der Waals surface area (Å²) in [6.07, 6.45) is -1.50. The van der Waals surface area contributed by atoms with Gasteiger partial charge in [-0.1, -0.05) is 0 Å². The number of methoxy groups -OCH3 is 1. The molecular formula is C14H16O7. The van der Waals surface area contributed by atoms with Crippen LogP contribution in [-0.4, -0.2) is 44.8 Å². The molecule has 1 unspecified atom stereocenters. The third-order valence-electron chi connectivity index (χ3n) is 2.70. The molecule has 0 amide bonds. The van der Waals surface area contributed by atoms with E-state index in [0.717, 1.165) is 0 Å². The Morgan fingerprint density at radius 3 is 2.62 bits per heavy atom. The Labute approximate surface area is 121 Å². The number of carbonyl (C=O) groups is 2. The van der Waals surface area contributed by atoms with E-state index < -0.39 is 24.5 Å². The van der Waals surface area contributed by atoms with Crippen molar-refractivity contribution in [3.63, 3.8) is 0 Å². The Balaban J connectivity index is 1.77. The number of benzene rings is 1. The molecule has 0 N–H and O–H groups in total. The molecule has 2 rings (SSSR count). The van der Waals surface area contributed by atoms with Crippen LogP contribution >= 0.6 is 0 Å². The van der Waals surface area contributed by atoms with Crippen LogP contribution in [-0.2, 0) is 23.7 Å². The maximum absolute atomic E-state index is 11.8. The molecule has 0 aromatic heterocycles. The number of carbonyl (C=O) groups excluding carboxylic acids is 2. The molecule has 1 heterocycles. The lowest BCUT2D eigenvalue weighted by Gasteiger charge is -2.11. The second kappa shape index (κ2) is 7.05. The van der Waals surface area contributed by atoms with Crippen LogP contribution in [0.5, 0.6) is 5.75 Å². The van der Waals surface area contributed by atoms with E-state index in [2.05, 4.69) is 0 Å². The van der Waals surface area contributed by atoms with Gasteiger partial charge < -0.3 is 23.7 Å². The van der Waals surface area contributed by atoms with Crippen molar-refractivity contribution in [2.75, 3.05) is 20.3 Å². The van der Waals surface area contributed by atoms with E-state index in [1.165, 1.54) is 6.92 Å². The molecule has 1 saturated heterocycles. The Morgan fingerprint density at radius 1 is 1.29 bits per heavy atom. The van der Waals surface area contributed by atoms with Gasteiger partial charge in [-0.15, -0.1) is 0 Å². The Bertz CT molecular complexity index is 497. The van der Waals surface area contributed by atoms with Crippen molar-refractivity contribution in [1.82, 2.24) is 0 Å². The van der Waals surface area contributed by atoms with Crippen molar-refractivity contribution in [2.24, 2.45) is 0 Å². The van der Waals surface area contributed by atoms with Crippen LogP contribution in [0.25, 0.3) is 0 Å². The summed E-state index contributed by atoms with van der Waals surface area (Å²) in [5, 5.41) is 0. The highest BCUT2D eigenvalue weighted by atomic mass is 16.8. The molecule has 1 aromatic carbocycles. The molecule has 1 fully saturated rings. The number of esters is 2. The van der Waals surface area contributed by atoms with Crippen LogP contribution in [0, 0.1) is 0 Å². The molecule has 0 saturated carbocycles. The zero-order chi connectivity index (χ0) is 15.2. The lowest BCUT2D eigenvalue weighted by Crippen LogP contribution is -2.22. The predicted molar refractivity (Wildman–Crippen MR) is 69.7 cm³/mol. The average molecular weight is 296 g/mol.